The maximum absolute atomic E-state index is 9.66. The first-order valence-electron chi connectivity index (χ1n) is 5.71. The standard InChI is InChI=1S/C14H16O2S/c1-2-14(15)12-3-5-13(6-4-12)16-9-11-7-8-17-10-11/h3-8,10,14-15H,2,9H2,1H3. The summed E-state index contributed by atoms with van der Waals surface area (Å²) in [4.78, 5) is 0. The van der Waals surface area contributed by atoms with Gasteiger partial charge in [-0.15, -0.1) is 0 Å². The molecule has 0 aliphatic heterocycles. The van der Waals surface area contributed by atoms with Gasteiger partial charge in [0.15, 0.2) is 0 Å². The highest BCUT2D eigenvalue weighted by atomic mass is 32.1. The molecule has 1 aromatic heterocycles. The molecule has 0 saturated heterocycles. The summed E-state index contributed by atoms with van der Waals surface area (Å²) in [5.74, 6) is 0.836. The van der Waals surface area contributed by atoms with Crippen LogP contribution >= 0.6 is 11.3 Å². The van der Waals surface area contributed by atoms with Crippen LogP contribution in [0.4, 0.5) is 0 Å². The topological polar surface area (TPSA) is 29.5 Å². The molecule has 1 heterocycles. The third-order valence-corrected chi connectivity index (χ3v) is 3.37. The molecule has 1 unspecified atom stereocenters. The largest absolute Gasteiger partial charge is 0.489 e. The van der Waals surface area contributed by atoms with Gasteiger partial charge in [0, 0.05) is 0 Å². The number of hydrogen-bond acceptors (Lipinski definition) is 3. The van der Waals surface area contributed by atoms with E-state index in [1.165, 1.54) is 5.56 Å². The lowest BCUT2D eigenvalue weighted by Gasteiger charge is -2.09. The van der Waals surface area contributed by atoms with Crippen LogP contribution in [-0.2, 0) is 6.61 Å². The van der Waals surface area contributed by atoms with Crippen LogP contribution in [0.15, 0.2) is 41.1 Å². The molecule has 3 heteroatoms. The molecule has 0 fully saturated rings. The quantitative estimate of drug-likeness (QED) is 0.872. The van der Waals surface area contributed by atoms with E-state index in [0.29, 0.717) is 6.61 Å². The number of aliphatic hydroxyl groups excluding tert-OH is 1. The van der Waals surface area contributed by atoms with E-state index in [0.717, 1.165) is 17.7 Å². The minimum atomic E-state index is -0.374. The van der Waals surface area contributed by atoms with Gasteiger partial charge in [-0.1, -0.05) is 19.1 Å². The Balaban J connectivity index is 1.94. The zero-order valence-corrected chi connectivity index (χ0v) is 10.6. The number of benzene rings is 1. The second-order valence-corrected chi connectivity index (χ2v) is 4.69. The Morgan fingerprint density at radius 2 is 2.00 bits per heavy atom. The first kappa shape index (κ1) is 12.1. The Bertz CT molecular complexity index is 434. The van der Waals surface area contributed by atoms with Crippen molar-refractivity contribution in [2.45, 2.75) is 26.1 Å². The maximum Gasteiger partial charge on any atom is 0.119 e. The van der Waals surface area contributed by atoms with Crippen LogP contribution in [0.5, 0.6) is 5.75 Å². The molecule has 17 heavy (non-hydrogen) atoms. The molecule has 0 saturated carbocycles. The number of aliphatic hydroxyl groups is 1. The minimum Gasteiger partial charge on any atom is -0.489 e. The van der Waals surface area contributed by atoms with Crippen molar-refractivity contribution >= 4 is 11.3 Å². The SMILES string of the molecule is CCC(O)c1ccc(OCc2ccsc2)cc1. The predicted octanol–water partition coefficient (Wildman–Crippen LogP) is 3.77. The van der Waals surface area contributed by atoms with Crippen LogP contribution in [0.25, 0.3) is 0 Å². The lowest BCUT2D eigenvalue weighted by atomic mass is 10.1. The minimum absolute atomic E-state index is 0.374. The van der Waals surface area contributed by atoms with E-state index in [1.54, 1.807) is 11.3 Å². The number of rotatable bonds is 5. The van der Waals surface area contributed by atoms with Gasteiger partial charge in [-0.3, -0.25) is 0 Å². The first-order valence-corrected chi connectivity index (χ1v) is 6.65. The van der Waals surface area contributed by atoms with Crippen LogP contribution in [0, 0.1) is 0 Å². The summed E-state index contributed by atoms with van der Waals surface area (Å²) in [5.41, 5.74) is 2.13. The average molecular weight is 248 g/mol. The molecule has 2 aromatic rings. The third-order valence-electron chi connectivity index (χ3n) is 2.64. The van der Waals surface area contributed by atoms with Crippen molar-refractivity contribution in [3.8, 4) is 5.75 Å². The Hall–Kier alpha value is -1.32. The summed E-state index contributed by atoms with van der Waals surface area (Å²) < 4.78 is 5.64. The first-order chi connectivity index (χ1) is 8.29. The van der Waals surface area contributed by atoms with E-state index in [1.807, 2.05) is 36.6 Å². The number of ether oxygens (including phenoxy) is 1. The molecule has 0 aliphatic carbocycles. The highest BCUT2D eigenvalue weighted by Crippen LogP contribution is 2.20. The van der Waals surface area contributed by atoms with Gasteiger partial charge in [-0.05, 0) is 46.5 Å². The van der Waals surface area contributed by atoms with Crippen molar-refractivity contribution < 1.29 is 9.84 Å². The van der Waals surface area contributed by atoms with Gasteiger partial charge in [-0.25, -0.2) is 0 Å². The van der Waals surface area contributed by atoms with Crippen molar-refractivity contribution in [3.05, 3.63) is 52.2 Å². The van der Waals surface area contributed by atoms with E-state index < -0.39 is 0 Å². The smallest absolute Gasteiger partial charge is 0.119 e. The fourth-order valence-electron chi connectivity index (χ4n) is 1.56. The molecule has 2 nitrogen and oxygen atoms in total. The predicted molar refractivity (Wildman–Crippen MR) is 70.3 cm³/mol. The van der Waals surface area contributed by atoms with Crippen LogP contribution in [-0.4, -0.2) is 5.11 Å². The summed E-state index contributed by atoms with van der Waals surface area (Å²) in [6.07, 6.45) is 0.357. The Labute approximate surface area is 105 Å². The molecule has 1 N–H and O–H groups in total. The van der Waals surface area contributed by atoms with Gasteiger partial charge in [0.25, 0.3) is 0 Å². The third kappa shape index (κ3) is 3.32. The summed E-state index contributed by atoms with van der Waals surface area (Å²) >= 11 is 1.67. The molecule has 90 valence electrons. The lowest BCUT2D eigenvalue weighted by molar-refractivity contribution is 0.173. The molecule has 1 aromatic carbocycles. The van der Waals surface area contributed by atoms with Gasteiger partial charge >= 0.3 is 0 Å². The molecular formula is C14H16O2S. The van der Waals surface area contributed by atoms with Crippen molar-refractivity contribution in [1.82, 2.24) is 0 Å². The van der Waals surface area contributed by atoms with E-state index in [2.05, 4.69) is 11.4 Å². The maximum atomic E-state index is 9.66. The van der Waals surface area contributed by atoms with E-state index in [9.17, 15) is 5.11 Å². The fourth-order valence-corrected chi connectivity index (χ4v) is 2.22. The fraction of sp³-hybridized carbons (Fsp3) is 0.286. The normalized spacial score (nSPS) is 12.4. The molecule has 0 radical (unpaired) electrons. The Morgan fingerprint density at radius 1 is 1.24 bits per heavy atom. The monoisotopic (exact) mass is 248 g/mol. The highest BCUT2D eigenvalue weighted by Gasteiger charge is 2.04. The van der Waals surface area contributed by atoms with Crippen LogP contribution in [0.3, 0.4) is 0 Å². The summed E-state index contributed by atoms with van der Waals surface area (Å²) in [6.45, 7) is 2.56. The molecule has 0 spiro atoms. The van der Waals surface area contributed by atoms with Crippen molar-refractivity contribution in [3.63, 3.8) is 0 Å². The van der Waals surface area contributed by atoms with Crippen molar-refractivity contribution in [1.29, 1.82) is 0 Å². The van der Waals surface area contributed by atoms with Crippen molar-refractivity contribution in [2.24, 2.45) is 0 Å². The molecule has 0 amide bonds. The zero-order chi connectivity index (χ0) is 12.1. The average Bonchev–Trinajstić information content (AvgIpc) is 2.89. The summed E-state index contributed by atoms with van der Waals surface area (Å²) in [5, 5.41) is 13.8. The van der Waals surface area contributed by atoms with E-state index >= 15 is 0 Å². The summed E-state index contributed by atoms with van der Waals surface area (Å²) in [6, 6.07) is 9.69. The van der Waals surface area contributed by atoms with Crippen molar-refractivity contribution in [2.75, 3.05) is 0 Å². The van der Waals surface area contributed by atoms with Gasteiger partial charge in [0.05, 0.1) is 6.10 Å². The Kier molecular flexibility index (Phi) is 4.18. The van der Waals surface area contributed by atoms with Gasteiger partial charge in [-0.2, -0.15) is 11.3 Å². The van der Waals surface area contributed by atoms with Crippen LogP contribution < -0.4 is 4.74 Å². The van der Waals surface area contributed by atoms with E-state index in [4.69, 9.17) is 4.74 Å². The molecular weight excluding hydrogens is 232 g/mol. The summed E-state index contributed by atoms with van der Waals surface area (Å²) in [7, 11) is 0. The molecule has 0 bridgehead atoms. The van der Waals surface area contributed by atoms with Gasteiger partial charge in [0.1, 0.15) is 12.4 Å². The van der Waals surface area contributed by atoms with Crippen LogP contribution in [0.1, 0.15) is 30.6 Å². The lowest BCUT2D eigenvalue weighted by Crippen LogP contribution is -1.96. The number of hydrogen-bond donors (Lipinski definition) is 1. The Morgan fingerprint density at radius 3 is 2.59 bits per heavy atom. The molecule has 1 atom stereocenters. The van der Waals surface area contributed by atoms with Gasteiger partial charge in [0.2, 0.25) is 0 Å². The van der Waals surface area contributed by atoms with Crippen LogP contribution in [0.2, 0.25) is 0 Å². The second kappa shape index (κ2) is 5.84. The van der Waals surface area contributed by atoms with E-state index in [-0.39, 0.29) is 6.10 Å². The second-order valence-electron chi connectivity index (χ2n) is 3.91. The van der Waals surface area contributed by atoms with Gasteiger partial charge < -0.3 is 9.84 Å². The molecule has 2 rings (SSSR count). The molecule has 0 aliphatic rings. The zero-order valence-electron chi connectivity index (χ0n) is 9.80. The number of thiophene rings is 1. The highest BCUT2D eigenvalue weighted by molar-refractivity contribution is 7.07.